The Morgan fingerprint density at radius 1 is 1.26 bits per heavy atom. The third-order valence-corrected chi connectivity index (χ3v) is 7.06. The number of rotatable bonds is 3. The molecular weight excluding hydrogens is 388 g/mol. The molecule has 3 aliphatic rings. The van der Waals surface area contributed by atoms with Crippen molar-refractivity contribution in [2.45, 2.75) is 71.1 Å². The molecule has 0 aromatic heterocycles. The van der Waals surface area contributed by atoms with E-state index < -0.39 is 0 Å². The van der Waals surface area contributed by atoms with Crippen molar-refractivity contribution >= 4 is 11.7 Å². The number of hydrogen-bond acceptors (Lipinski definition) is 4. The van der Waals surface area contributed by atoms with Crippen molar-refractivity contribution in [1.82, 2.24) is 9.80 Å². The van der Waals surface area contributed by atoms with E-state index in [9.17, 15) is 10.1 Å². The Morgan fingerprint density at radius 2 is 1.97 bits per heavy atom. The maximum Gasteiger partial charge on any atom is 0.319 e. The fourth-order valence-electron chi connectivity index (χ4n) is 5.12. The molecule has 1 aromatic rings. The highest BCUT2D eigenvalue weighted by atomic mass is 16.5. The molecule has 0 spiro atoms. The number of nitrogens with zero attached hydrogens (tertiary/aromatic N) is 4. The van der Waals surface area contributed by atoms with Gasteiger partial charge < -0.3 is 19.4 Å². The molecule has 2 fully saturated rings. The molecule has 2 aliphatic heterocycles. The molecule has 168 valence electrons. The molecule has 6 nitrogen and oxygen atoms in total. The normalized spacial score (nSPS) is 22.8. The van der Waals surface area contributed by atoms with E-state index in [1.165, 1.54) is 29.5 Å². The summed E-state index contributed by atoms with van der Waals surface area (Å²) >= 11 is 0. The number of urea groups is 1. The van der Waals surface area contributed by atoms with Gasteiger partial charge in [-0.2, -0.15) is 5.26 Å². The molecule has 1 saturated heterocycles. The zero-order valence-electron chi connectivity index (χ0n) is 19.9. The molecule has 1 atom stereocenters. The third kappa shape index (κ3) is 4.13. The predicted molar refractivity (Wildman–Crippen MR) is 122 cm³/mol. The van der Waals surface area contributed by atoms with E-state index in [1.807, 2.05) is 19.0 Å². The van der Waals surface area contributed by atoms with Crippen molar-refractivity contribution in [2.75, 3.05) is 38.6 Å². The minimum absolute atomic E-state index is 0.0712. The van der Waals surface area contributed by atoms with Crippen LogP contribution >= 0.6 is 0 Å². The summed E-state index contributed by atoms with van der Waals surface area (Å²) in [4.78, 5) is 18.8. The number of anilines is 1. The van der Waals surface area contributed by atoms with Crippen LogP contribution in [0.3, 0.4) is 0 Å². The van der Waals surface area contributed by atoms with Gasteiger partial charge in [0.15, 0.2) is 0 Å². The maximum atomic E-state index is 12.8. The van der Waals surface area contributed by atoms with E-state index in [1.54, 1.807) is 4.90 Å². The van der Waals surface area contributed by atoms with Gasteiger partial charge in [-0.05, 0) is 61.3 Å². The number of fused-ring (bicyclic) bond motifs is 1. The summed E-state index contributed by atoms with van der Waals surface area (Å²) in [6.45, 7) is 11.4. The number of hydrogen-bond donors (Lipinski definition) is 0. The minimum atomic E-state index is -0.255. The first kappa shape index (κ1) is 22.0. The molecule has 31 heavy (non-hydrogen) atoms. The lowest BCUT2D eigenvalue weighted by atomic mass is 9.83. The Kier molecular flexibility index (Phi) is 5.68. The summed E-state index contributed by atoms with van der Waals surface area (Å²) in [6.07, 6.45) is 3.22. The Bertz CT molecular complexity index is 911. The SMILES string of the molecule is CC(C)[C@@H]1CN(c2cc(C3CC3)c3c(c2C#N)CC(C)(C)OC3)CCN1C(=O)N(C)C. The minimum Gasteiger partial charge on any atom is -0.371 e. The first-order valence-corrected chi connectivity index (χ1v) is 11.6. The zero-order valence-corrected chi connectivity index (χ0v) is 19.9. The van der Waals surface area contributed by atoms with E-state index in [4.69, 9.17) is 4.74 Å². The lowest BCUT2D eigenvalue weighted by molar-refractivity contribution is -0.0405. The van der Waals surface area contributed by atoms with Crippen molar-refractivity contribution in [3.05, 3.63) is 28.3 Å². The molecule has 6 heteroatoms. The van der Waals surface area contributed by atoms with E-state index in [-0.39, 0.29) is 17.7 Å². The summed E-state index contributed by atoms with van der Waals surface area (Å²) in [7, 11) is 3.63. The van der Waals surface area contributed by atoms with Crippen LogP contribution < -0.4 is 4.90 Å². The Labute approximate surface area is 186 Å². The van der Waals surface area contributed by atoms with E-state index in [0.717, 1.165) is 30.8 Å². The van der Waals surface area contributed by atoms with Crippen LogP contribution in [0.5, 0.6) is 0 Å². The molecule has 1 aromatic carbocycles. The van der Waals surface area contributed by atoms with E-state index in [2.05, 4.69) is 44.7 Å². The summed E-state index contributed by atoms with van der Waals surface area (Å²) in [5.74, 6) is 0.938. The first-order chi connectivity index (χ1) is 14.6. The number of carbonyl (C=O) groups excluding carboxylic acids is 1. The van der Waals surface area contributed by atoms with Crippen LogP contribution in [0.4, 0.5) is 10.5 Å². The van der Waals surface area contributed by atoms with Crippen LogP contribution in [-0.2, 0) is 17.8 Å². The second kappa shape index (κ2) is 8.02. The number of benzene rings is 1. The van der Waals surface area contributed by atoms with E-state index in [0.29, 0.717) is 25.0 Å². The van der Waals surface area contributed by atoms with Crippen LogP contribution in [0.2, 0.25) is 0 Å². The highest BCUT2D eigenvalue weighted by Crippen LogP contribution is 2.47. The van der Waals surface area contributed by atoms with Crippen molar-refractivity contribution < 1.29 is 9.53 Å². The summed E-state index contributed by atoms with van der Waals surface area (Å²) in [5, 5.41) is 10.2. The zero-order chi connectivity index (χ0) is 22.5. The van der Waals surface area contributed by atoms with Gasteiger partial charge in [-0.1, -0.05) is 13.8 Å². The average Bonchev–Trinajstić information content (AvgIpc) is 3.55. The van der Waals surface area contributed by atoms with Crippen molar-refractivity contribution in [3.63, 3.8) is 0 Å². The molecule has 0 bridgehead atoms. The van der Waals surface area contributed by atoms with Gasteiger partial charge in [0.25, 0.3) is 0 Å². The second-order valence-corrected chi connectivity index (χ2v) is 10.6. The molecular formula is C25H36N4O2. The third-order valence-electron chi connectivity index (χ3n) is 7.06. The lowest BCUT2D eigenvalue weighted by Gasteiger charge is -2.45. The highest BCUT2D eigenvalue weighted by Gasteiger charge is 2.38. The monoisotopic (exact) mass is 424 g/mol. The number of piperazine rings is 1. The van der Waals surface area contributed by atoms with Gasteiger partial charge in [-0.3, -0.25) is 0 Å². The topological polar surface area (TPSA) is 59.8 Å². The first-order valence-electron chi connectivity index (χ1n) is 11.6. The molecule has 0 N–H and O–H groups in total. The molecule has 0 unspecified atom stereocenters. The van der Waals surface area contributed by atoms with E-state index >= 15 is 0 Å². The number of amides is 2. The van der Waals surface area contributed by atoms with Gasteiger partial charge in [0.2, 0.25) is 0 Å². The van der Waals surface area contributed by atoms with Crippen LogP contribution in [-0.4, -0.2) is 61.2 Å². The Balaban J connectivity index is 1.74. The van der Waals surface area contributed by atoms with Gasteiger partial charge in [0, 0.05) is 40.2 Å². The van der Waals surface area contributed by atoms with Crippen molar-refractivity contribution in [2.24, 2.45) is 5.92 Å². The Hall–Kier alpha value is -2.26. The fraction of sp³-hybridized carbons (Fsp3) is 0.680. The van der Waals surface area contributed by atoms with Crippen LogP contribution in [0.25, 0.3) is 0 Å². The molecule has 4 rings (SSSR count). The Morgan fingerprint density at radius 3 is 2.55 bits per heavy atom. The average molecular weight is 425 g/mol. The summed E-state index contributed by atoms with van der Waals surface area (Å²) in [6, 6.07) is 5.02. The van der Waals surface area contributed by atoms with Crippen molar-refractivity contribution in [1.29, 1.82) is 5.26 Å². The number of ether oxygens (including phenoxy) is 1. The highest BCUT2D eigenvalue weighted by molar-refractivity contribution is 5.75. The molecule has 1 saturated carbocycles. The molecule has 2 heterocycles. The van der Waals surface area contributed by atoms with Crippen LogP contribution in [0.1, 0.15) is 68.7 Å². The number of nitriles is 1. The summed E-state index contributed by atoms with van der Waals surface area (Å²) in [5.41, 5.74) is 5.44. The largest absolute Gasteiger partial charge is 0.371 e. The van der Waals surface area contributed by atoms with Gasteiger partial charge in [0.05, 0.1) is 29.5 Å². The summed E-state index contributed by atoms with van der Waals surface area (Å²) < 4.78 is 6.13. The second-order valence-electron chi connectivity index (χ2n) is 10.6. The fourth-order valence-corrected chi connectivity index (χ4v) is 5.12. The van der Waals surface area contributed by atoms with Crippen LogP contribution in [0.15, 0.2) is 6.07 Å². The quantitative estimate of drug-likeness (QED) is 0.732. The van der Waals surface area contributed by atoms with Crippen LogP contribution in [0, 0.1) is 17.2 Å². The van der Waals surface area contributed by atoms with Gasteiger partial charge in [-0.25, -0.2) is 4.79 Å². The lowest BCUT2D eigenvalue weighted by Crippen LogP contribution is -2.59. The van der Waals surface area contributed by atoms with Crippen molar-refractivity contribution in [3.8, 4) is 6.07 Å². The predicted octanol–water partition coefficient (Wildman–Crippen LogP) is 4.12. The smallest absolute Gasteiger partial charge is 0.319 e. The molecule has 2 amide bonds. The molecule has 0 radical (unpaired) electrons. The van der Waals surface area contributed by atoms with Gasteiger partial charge >= 0.3 is 6.03 Å². The number of carbonyl (C=O) groups is 1. The molecule has 1 aliphatic carbocycles. The van der Waals surface area contributed by atoms with Gasteiger partial charge in [-0.15, -0.1) is 0 Å². The standard InChI is InChI=1S/C25H36N4O2/c1-16(2)23-14-28(9-10-29(23)24(30)27(5)6)22-11-18(17-7-8-17)21-15-31-25(3,4)12-19(21)20(22)13-26/h11,16-17,23H,7-10,12,14-15H2,1-6H3/t23-/m0/s1. The maximum absolute atomic E-state index is 12.8. The van der Waals surface area contributed by atoms with Gasteiger partial charge in [0.1, 0.15) is 6.07 Å².